The van der Waals surface area contributed by atoms with Crippen LogP contribution in [0.25, 0.3) is 0 Å². The van der Waals surface area contributed by atoms with Gasteiger partial charge in [-0.15, -0.1) is 0 Å². The fraction of sp³-hybridized carbons (Fsp3) is 0.667. The molecule has 0 aromatic carbocycles. The maximum Gasteiger partial charge on any atom is 0.128 e. The minimum atomic E-state index is 0.0562. The molecule has 0 spiro atoms. The molecule has 106 valence electrons. The van der Waals surface area contributed by atoms with E-state index in [4.69, 9.17) is 5.73 Å². The molecule has 2 rings (SSSR count). The van der Waals surface area contributed by atoms with Crippen LogP contribution in [0.2, 0.25) is 0 Å². The molecule has 4 heteroatoms. The van der Waals surface area contributed by atoms with Crippen LogP contribution in [-0.4, -0.2) is 43.6 Å². The molecule has 1 atom stereocenters. The van der Waals surface area contributed by atoms with Gasteiger partial charge in [0.05, 0.1) is 0 Å². The van der Waals surface area contributed by atoms with E-state index in [0.29, 0.717) is 0 Å². The lowest BCUT2D eigenvalue weighted by atomic mass is 9.97. The summed E-state index contributed by atoms with van der Waals surface area (Å²) in [6.07, 6.45) is 4.47. The average molecular weight is 262 g/mol. The number of anilines is 1. The van der Waals surface area contributed by atoms with Crippen molar-refractivity contribution in [1.82, 2.24) is 9.88 Å². The minimum absolute atomic E-state index is 0.0562. The van der Waals surface area contributed by atoms with Gasteiger partial charge in [0.1, 0.15) is 5.82 Å². The second kappa shape index (κ2) is 6.35. The summed E-state index contributed by atoms with van der Waals surface area (Å²) in [5.74, 6) is 1.83. The molecule has 1 unspecified atom stereocenters. The lowest BCUT2D eigenvalue weighted by Crippen LogP contribution is -2.35. The standard InChI is InChI=1S/C15H26N4/c1-12(16)14-4-5-15(17-10-14)19(3)11-13-6-8-18(2)9-7-13/h4-5,10,12-13H,6-9,11,16H2,1-3H3. The maximum atomic E-state index is 5.84. The monoisotopic (exact) mass is 262 g/mol. The molecule has 1 saturated heterocycles. The van der Waals surface area contributed by atoms with Crippen molar-refractivity contribution in [1.29, 1.82) is 0 Å². The Bertz CT molecular complexity index is 380. The fourth-order valence-electron chi connectivity index (χ4n) is 2.62. The normalized spacial score (nSPS) is 19.4. The van der Waals surface area contributed by atoms with E-state index in [1.54, 1.807) is 0 Å². The zero-order chi connectivity index (χ0) is 13.8. The number of nitrogens with zero attached hydrogens (tertiary/aromatic N) is 3. The van der Waals surface area contributed by atoms with Gasteiger partial charge < -0.3 is 15.5 Å². The fourth-order valence-corrected chi connectivity index (χ4v) is 2.62. The molecule has 2 heterocycles. The third kappa shape index (κ3) is 3.91. The Kier molecular flexibility index (Phi) is 4.77. The van der Waals surface area contributed by atoms with Crippen molar-refractivity contribution in [2.45, 2.75) is 25.8 Å². The number of piperidine rings is 1. The van der Waals surface area contributed by atoms with Crippen molar-refractivity contribution in [3.63, 3.8) is 0 Å². The van der Waals surface area contributed by atoms with Gasteiger partial charge in [0.25, 0.3) is 0 Å². The Morgan fingerprint density at radius 2 is 2.11 bits per heavy atom. The van der Waals surface area contributed by atoms with Gasteiger partial charge in [-0.1, -0.05) is 6.07 Å². The zero-order valence-electron chi connectivity index (χ0n) is 12.3. The highest BCUT2D eigenvalue weighted by Gasteiger charge is 2.18. The predicted molar refractivity (Wildman–Crippen MR) is 80.3 cm³/mol. The van der Waals surface area contributed by atoms with Crippen molar-refractivity contribution >= 4 is 5.82 Å². The Morgan fingerprint density at radius 3 is 2.63 bits per heavy atom. The second-order valence-electron chi connectivity index (χ2n) is 5.87. The smallest absolute Gasteiger partial charge is 0.128 e. The van der Waals surface area contributed by atoms with E-state index in [1.165, 1.54) is 25.9 Å². The van der Waals surface area contributed by atoms with Gasteiger partial charge in [-0.05, 0) is 57.5 Å². The summed E-state index contributed by atoms with van der Waals surface area (Å²) >= 11 is 0. The van der Waals surface area contributed by atoms with Crippen LogP contribution in [-0.2, 0) is 0 Å². The molecule has 0 amide bonds. The highest BCUT2D eigenvalue weighted by Crippen LogP contribution is 2.20. The number of rotatable bonds is 4. The Morgan fingerprint density at radius 1 is 1.42 bits per heavy atom. The van der Waals surface area contributed by atoms with E-state index < -0.39 is 0 Å². The van der Waals surface area contributed by atoms with Gasteiger partial charge in [-0.25, -0.2) is 4.98 Å². The van der Waals surface area contributed by atoms with E-state index in [-0.39, 0.29) is 6.04 Å². The van der Waals surface area contributed by atoms with Crippen LogP contribution < -0.4 is 10.6 Å². The van der Waals surface area contributed by atoms with Crippen LogP contribution in [0.3, 0.4) is 0 Å². The molecule has 0 bridgehead atoms. The van der Waals surface area contributed by atoms with Gasteiger partial charge in [-0.2, -0.15) is 0 Å². The summed E-state index contributed by atoms with van der Waals surface area (Å²) in [6.45, 7) is 5.52. The molecule has 1 aliphatic rings. The SMILES string of the molecule is CC(N)c1ccc(N(C)CC2CCN(C)CC2)nc1. The van der Waals surface area contributed by atoms with E-state index >= 15 is 0 Å². The first-order valence-electron chi connectivity index (χ1n) is 7.17. The topological polar surface area (TPSA) is 45.4 Å². The van der Waals surface area contributed by atoms with Crippen LogP contribution in [0.5, 0.6) is 0 Å². The molecule has 0 saturated carbocycles. The highest BCUT2D eigenvalue weighted by molar-refractivity contribution is 5.38. The van der Waals surface area contributed by atoms with Gasteiger partial charge >= 0.3 is 0 Å². The van der Waals surface area contributed by atoms with Crippen molar-refractivity contribution in [2.75, 3.05) is 38.6 Å². The maximum absolute atomic E-state index is 5.84. The lowest BCUT2D eigenvalue weighted by Gasteiger charge is -2.32. The van der Waals surface area contributed by atoms with Crippen LogP contribution in [0, 0.1) is 5.92 Å². The summed E-state index contributed by atoms with van der Waals surface area (Å²) in [7, 11) is 4.33. The number of hydrogen-bond acceptors (Lipinski definition) is 4. The number of pyridine rings is 1. The van der Waals surface area contributed by atoms with Crippen molar-refractivity contribution in [3.8, 4) is 0 Å². The van der Waals surface area contributed by atoms with E-state index in [1.807, 2.05) is 13.1 Å². The molecule has 1 aliphatic heterocycles. The molecular weight excluding hydrogens is 236 g/mol. The number of hydrogen-bond donors (Lipinski definition) is 1. The van der Waals surface area contributed by atoms with Crippen LogP contribution in [0.1, 0.15) is 31.4 Å². The Balaban J connectivity index is 1.90. The summed E-state index contributed by atoms with van der Waals surface area (Å²) in [4.78, 5) is 9.19. The van der Waals surface area contributed by atoms with Gasteiger partial charge in [-0.3, -0.25) is 0 Å². The first-order chi connectivity index (χ1) is 9.06. The quantitative estimate of drug-likeness (QED) is 0.900. The number of aromatic nitrogens is 1. The van der Waals surface area contributed by atoms with E-state index in [0.717, 1.165) is 23.8 Å². The molecule has 2 N–H and O–H groups in total. The summed E-state index contributed by atoms with van der Waals surface area (Å²) in [5.41, 5.74) is 6.94. The van der Waals surface area contributed by atoms with Crippen molar-refractivity contribution < 1.29 is 0 Å². The molecular formula is C15H26N4. The third-order valence-corrected chi connectivity index (χ3v) is 4.06. The summed E-state index contributed by atoms with van der Waals surface area (Å²) in [5, 5.41) is 0. The van der Waals surface area contributed by atoms with Crippen molar-refractivity contribution in [3.05, 3.63) is 23.9 Å². The Labute approximate surface area is 116 Å². The highest BCUT2D eigenvalue weighted by atomic mass is 15.2. The van der Waals surface area contributed by atoms with Gasteiger partial charge in [0, 0.05) is 25.8 Å². The lowest BCUT2D eigenvalue weighted by molar-refractivity contribution is 0.222. The average Bonchev–Trinajstić information content (AvgIpc) is 2.41. The van der Waals surface area contributed by atoms with Crippen LogP contribution in [0.4, 0.5) is 5.82 Å². The van der Waals surface area contributed by atoms with Gasteiger partial charge in [0.15, 0.2) is 0 Å². The van der Waals surface area contributed by atoms with Crippen molar-refractivity contribution in [2.24, 2.45) is 11.7 Å². The second-order valence-corrected chi connectivity index (χ2v) is 5.87. The molecule has 1 aromatic rings. The molecule has 1 fully saturated rings. The van der Waals surface area contributed by atoms with E-state index in [2.05, 4.69) is 41.0 Å². The molecule has 19 heavy (non-hydrogen) atoms. The largest absolute Gasteiger partial charge is 0.359 e. The Hall–Kier alpha value is -1.13. The first kappa shape index (κ1) is 14.3. The van der Waals surface area contributed by atoms with Crippen LogP contribution >= 0.6 is 0 Å². The molecule has 4 nitrogen and oxygen atoms in total. The molecule has 0 radical (unpaired) electrons. The first-order valence-corrected chi connectivity index (χ1v) is 7.17. The number of likely N-dealkylation sites (tertiary alicyclic amines) is 1. The molecule has 1 aromatic heterocycles. The van der Waals surface area contributed by atoms with E-state index in [9.17, 15) is 0 Å². The third-order valence-electron chi connectivity index (χ3n) is 4.06. The minimum Gasteiger partial charge on any atom is -0.359 e. The van der Waals surface area contributed by atoms with Crippen LogP contribution in [0.15, 0.2) is 18.3 Å². The summed E-state index contributed by atoms with van der Waals surface area (Å²) < 4.78 is 0. The molecule has 0 aliphatic carbocycles. The summed E-state index contributed by atoms with van der Waals surface area (Å²) in [6, 6.07) is 4.21. The zero-order valence-corrected chi connectivity index (χ0v) is 12.3. The predicted octanol–water partition coefficient (Wildman–Crippen LogP) is 1.88. The van der Waals surface area contributed by atoms with Gasteiger partial charge in [0.2, 0.25) is 0 Å². The number of nitrogens with two attached hydrogens (primary N) is 1.